The molecule has 1 aliphatic heterocycles. The Morgan fingerprint density at radius 3 is 2.22 bits per heavy atom. The lowest BCUT2D eigenvalue weighted by Crippen LogP contribution is -2.40. The first kappa shape index (κ1) is 19.5. The monoisotopic (exact) mass is 339 g/mol. The molecule has 2 rings (SSSR count). The zero-order chi connectivity index (χ0) is 15.8. The largest absolute Gasteiger partial charge is 0.341 e. The summed E-state index contributed by atoms with van der Waals surface area (Å²) in [5.74, 6) is 0.299. The number of aryl methyl sites for hydroxylation is 1. The standard InChI is InChI=1S/C17H25N3O2.ClH/c1-18-14-17(22)20-11-5-10-19(12-13-20)16(21)9-8-15-6-3-2-4-7-15;/h2-4,6-7,18H,5,8-14H2,1H3;1H. The summed E-state index contributed by atoms with van der Waals surface area (Å²) in [6, 6.07) is 10.1. The van der Waals surface area contributed by atoms with Gasteiger partial charge in [0.1, 0.15) is 0 Å². The molecule has 1 fully saturated rings. The van der Waals surface area contributed by atoms with Crippen LogP contribution in [0.25, 0.3) is 0 Å². The topological polar surface area (TPSA) is 52.7 Å². The molecule has 0 radical (unpaired) electrons. The number of rotatable bonds is 5. The third-order valence-corrected chi connectivity index (χ3v) is 4.00. The summed E-state index contributed by atoms with van der Waals surface area (Å²) >= 11 is 0. The predicted molar refractivity (Wildman–Crippen MR) is 93.7 cm³/mol. The van der Waals surface area contributed by atoms with Crippen LogP contribution in [0.15, 0.2) is 30.3 Å². The fraction of sp³-hybridized carbons (Fsp3) is 0.529. The average molecular weight is 340 g/mol. The normalized spacial score (nSPS) is 14.8. The van der Waals surface area contributed by atoms with Gasteiger partial charge in [-0.15, -0.1) is 12.4 Å². The molecule has 1 N–H and O–H groups in total. The first-order valence-electron chi connectivity index (χ1n) is 7.95. The summed E-state index contributed by atoms with van der Waals surface area (Å²) in [5, 5.41) is 2.89. The number of nitrogens with one attached hydrogen (secondary N) is 1. The molecule has 128 valence electrons. The number of hydrogen-bond donors (Lipinski definition) is 1. The number of halogens is 1. The van der Waals surface area contributed by atoms with Gasteiger partial charge in [0.2, 0.25) is 11.8 Å². The highest BCUT2D eigenvalue weighted by Crippen LogP contribution is 2.08. The van der Waals surface area contributed by atoms with Gasteiger partial charge in [-0.1, -0.05) is 30.3 Å². The fourth-order valence-corrected chi connectivity index (χ4v) is 2.73. The molecular formula is C17H26ClN3O2. The molecule has 2 amide bonds. The van der Waals surface area contributed by atoms with Gasteiger partial charge >= 0.3 is 0 Å². The van der Waals surface area contributed by atoms with Crippen molar-refractivity contribution < 1.29 is 9.59 Å². The maximum atomic E-state index is 12.3. The molecule has 1 saturated heterocycles. The second kappa shape index (κ2) is 10.2. The predicted octanol–water partition coefficient (Wildman–Crippen LogP) is 1.32. The quantitative estimate of drug-likeness (QED) is 0.880. The van der Waals surface area contributed by atoms with Crippen molar-refractivity contribution in [1.29, 1.82) is 0 Å². The van der Waals surface area contributed by atoms with Crippen molar-refractivity contribution in [2.75, 3.05) is 39.8 Å². The first-order chi connectivity index (χ1) is 10.7. The van der Waals surface area contributed by atoms with E-state index in [1.54, 1.807) is 7.05 Å². The molecule has 1 aromatic carbocycles. The molecule has 0 saturated carbocycles. The van der Waals surface area contributed by atoms with Crippen molar-refractivity contribution in [3.05, 3.63) is 35.9 Å². The third-order valence-electron chi connectivity index (χ3n) is 4.00. The number of likely N-dealkylation sites (N-methyl/N-ethyl adjacent to an activating group) is 1. The summed E-state index contributed by atoms with van der Waals surface area (Å²) < 4.78 is 0. The molecule has 23 heavy (non-hydrogen) atoms. The van der Waals surface area contributed by atoms with E-state index in [2.05, 4.69) is 5.32 Å². The van der Waals surface area contributed by atoms with Gasteiger partial charge in [-0.2, -0.15) is 0 Å². The van der Waals surface area contributed by atoms with Gasteiger partial charge in [-0.25, -0.2) is 0 Å². The molecule has 5 nitrogen and oxygen atoms in total. The lowest BCUT2D eigenvalue weighted by molar-refractivity contribution is -0.133. The number of carbonyl (C=O) groups excluding carboxylic acids is 2. The highest BCUT2D eigenvalue weighted by atomic mass is 35.5. The maximum absolute atomic E-state index is 12.3. The molecule has 0 spiro atoms. The summed E-state index contributed by atoms with van der Waals surface area (Å²) in [7, 11) is 1.77. The van der Waals surface area contributed by atoms with Crippen LogP contribution in [0, 0.1) is 0 Å². The number of carbonyl (C=O) groups is 2. The van der Waals surface area contributed by atoms with E-state index in [1.165, 1.54) is 5.56 Å². The van der Waals surface area contributed by atoms with Crippen molar-refractivity contribution in [1.82, 2.24) is 15.1 Å². The van der Waals surface area contributed by atoms with Crippen LogP contribution in [0.5, 0.6) is 0 Å². The number of nitrogens with zero attached hydrogens (tertiary/aromatic N) is 2. The summed E-state index contributed by atoms with van der Waals surface area (Å²) in [6.45, 7) is 3.13. The molecule has 1 aromatic rings. The fourth-order valence-electron chi connectivity index (χ4n) is 2.73. The molecule has 0 aromatic heterocycles. The van der Waals surface area contributed by atoms with E-state index in [1.807, 2.05) is 40.1 Å². The van der Waals surface area contributed by atoms with Crippen LogP contribution in [0.2, 0.25) is 0 Å². The third kappa shape index (κ3) is 6.20. The van der Waals surface area contributed by atoms with Gasteiger partial charge in [0.05, 0.1) is 6.54 Å². The van der Waals surface area contributed by atoms with Crippen molar-refractivity contribution in [3.8, 4) is 0 Å². The maximum Gasteiger partial charge on any atom is 0.236 e. The van der Waals surface area contributed by atoms with Crippen LogP contribution >= 0.6 is 12.4 Å². The highest BCUT2D eigenvalue weighted by molar-refractivity contribution is 5.85. The smallest absolute Gasteiger partial charge is 0.236 e. The zero-order valence-corrected chi connectivity index (χ0v) is 14.5. The van der Waals surface area contributed by atoms with Gasteiger partial charge in [-0.05, 0) is 25.5 Å². The molecule has 0 unspecified atom stereocenters. The molecule has 1 heterocycles. The number of hydrogen-bond acceptors (Lipinski definition) is 3. The second-order valence-corrected chi connectivity index (χ2v) is 5.63. The van der Waals surface area contributed by atoms with Gasteiger partial charge < -0.3 is 15.1 Å². The molecule has 0 aliphatic carbocycles. The lowest BCUT2D eigenvalue weighted by atomic mass is 10.1. The summed E-state index contributed by atoms with van der Waals surface area (Å²) in [4.78, 5) is 28.0. The Bertz CT molecular complexity index is 496. The van der Waals surface area contributed by atoms with Crippen LogP contribution in [0.4, 0.5) is 0 Å². The average Bonchev–Trinajstić information content (AvgIpc) is 2.80. The van der Waals surface area contributed by atoms with Crippen molar-refractivity contribution in [2.45, 2.75) is 19.3 Å². The number of amides is 2. The van der Waals surface area contributed by atoms with E-state index in [0.29, 0.717) is 26.1 Å². The van der Waals surface area contributed by atoms with E-state index < -0.39 is 0 Å². The van der Waals surface area contributed by atoms with Crippen LogP contribution in [-0.2, 0) is 16.0 Å². The second-order valence-electron chi connectivity index (χ2n) is 5.63. The van der Waals surface area contributed by atoms with Gasteiger partial charge in [0.15, 0.2) is 0 Å². The van der Waals surface area contributed by atoms with Crippen molar-refractivity contribution >= 4 is 24.2 Å². The minimum Gasteiger partial charge on any atom is -0.341 e. The Hall–Kier alpha value is -1.59. The van der Waals surface area contributed by atoms with Gasteiger partial charge in [0.25, 0.3) is 0 Å². The van der Waals surface area contributed by atoms with Gasteiger partial charge in [-0.3, -0.25) is 9.59 Å². The Labute approximate surface area is 144 Å². The van der Waals surface area contributed by atoms with E-state index in [9.17, 15) is 9.59 Å². The van der Waals surface area contributed by atoms with E-state index >= 15 is 0 Å². The minimum atomic E-state index is 0. The SMILES string of the molecule is CNCC(=O)N1CCCN(C(=O)CCc2ccccc2)CC1.Cl. The molecule has 0 bridgehead atoms. The van der Waals surface area contributed by atoms with Crippen LogP contribution in [0.1, 0.15) is 18.4 Å². The van der Waals surface area contributed by atoms with Crippen LogP contribution < -0.4 is 5.32 Å². The van der Waals surface area contributed by atoms with E-state index in [0.717, 1.165) is 25.9 Å². The highest BCUT2D eigenvalue weighted by Gasteiger charge is 2.21. The van der Waals surface area contributed by atoms with Crippen LogP contribution in [-0.4, -0.2) is 61.4 Å². The zero-order valence-electron chi connectivity index (χ0n) is 13.7. The Morgan fingerprint density at radius 1 is 1.00 bits per heavy atom. The Morgan fingerprint density at radius 2 is 1.61 bits per heavy atom. The molecule has 0 atom stereocenters. The summed E-state index contributed by atoms with van der Waals surface area (Å²) in [5.41, 5.74) is 1.19. The minimum absolute atomic E-state index is 0. The Balaban J connectivity index is 0.00000264. The molecular weight excluding hydrogens is 314 g/mol. The lowest BCUT2D eigenvalue weighted by Gasteiger charge is -2.22. The first-order valence-corrected chi connectivity index (χ1v) is 7.95. The molecule has 1 aliphatic rings. The molecule has 6 heteroatoms. The van der Waals surface area contributed by atoms with E-state index in [-0.39, 0.29) is 24.2 Å². The number of benzene rings is 1. The Kier molecular flexibility index (Phi) is 8.66. The van der Waals surface area contributed by atoms with Crippen LogP contribution in [0.3, 0.4) is 0 Å². The van der Waals surface area contributed by atoms with E-state index in [4.69, 9.17) is 0 Å². The summed E-state index contributed by atoms with van der Waals surface area (Å²) in [6.07, 6.45) is 2.17. The van der Waals surface area contributed by atoms with Gasteiger partial charge in [0, 0.05) is 32.6 Å². The van der Waals surface area contributed by atoms with Crippen molar-refractivity contribution in [3.63, 3.8) is 0 Å². The van der Waals surface area contributed by atoms with Crippen molar-refractivity contribution in [2.24, 2.45) is 0 Å².